The van der Waals surface area contributed by atoms with Gasteiger partial charge in [-0.3, -0.25) is 4.99 Å². The highest BCUT2D eigenvalue weighted by Gasteiger charge is 2.02. The second kappa shape index (κ2) is 2.64. The van der Waals surface area contributed by atoms with E-state index in [1.165, 1.54) is 0 Å². The van der Waals surface area contributed by atoms with Crippen LogP contribution in [0, 0.1) is 0 Å². The SMILES string of the molecule is CN1C=NCC=CC1O. The summed E-state index contributed by atoms with van der Waals surface area (Å²) in [5.74, 6) is 0. The first-order chi connectivity index (χ1) is 4.30. The van der Waals surface area contributed by atoms with Crippen molar-refractivity contribution in [2.45, 2.75) is 6.23 Å². The van der Waals surface area contributed by atoms with E-state index in [2.05, 4.69) is 4.99 Å². The van der Waals surface area contributed by atoms with Crippen LogP contribution in [0.25, 0.3) is 0 Å². The molecular weight excluding hydrogens is 116 g/mol. The smallest absolute Gasteiger partial charge is 0.146 e. The number of hydrogen-bond acceptors (Lipinski definition) is 3. The molecule has 0 fully saturated rings. The minimum Gasteiger partial charge on any atom is -0.370 e. The van der Waals surface area contributed by atoms with Crippen LogP contribution in [0.15, 0.2) is 17.1 Å². The molecule has 1 atom stereocenters. The Hall–Kier alpha value is -0.830. The number of aliphatic hydroxyl groups is 1. The molecular formula is C6H10N2O. The van der Waals surface area contributed by atoms with Crippen LogP contribution in [0.2, 0.25) is 0 Å². The first-order valence-corrected chi connectivity index (χ1v) is 2.87. The van der Waals surface area contributed by atoms with Crippen molar-refractivity contribution in [1.29, 1.82) is 0 Å². The van der Waals surface area contributed by atoms with Crippen molar-refractivity contribution in [3.8, 4) is 0 Å². The van der Waals surface area contributed by atoms with Gasteiger partial charge in [-0.1, -0.05) is 6.08 Å². The molecule has 3 nitrogen and oxygen atoms in total. The monoisotopic (exact) mass is 126 g/mol. The molecule has 0 aliphatic carbocycles. The normalized spacial score (nSPS) is 26.4. The Morgan fingerprint density at radius 3 is 3.33 bits per heavy atom. The summed E-state index contributed by atoms with van der Waals surface area (Å²) in [6.07, 6.45) is 4.68. The van der Waals surface area contributed by atoms with E-state index >= 15 is 0 Å². The Balaban J connectivity index is 2.61. The number of rotatable bonds is 0. The molecule has 50 valence electrons. The third-order valence-electron chi connectivity index (χ3n) is 1.20. The van der Waals surface area contributed by atoms with E-state index in [0.717, 1.165) is 0 Å². The maximum absolute atomic E-state index is 9.11. The molecule has 0 radical (unpaired) electrons. The molecule has 1 aliphatic heterocycles. The average molecular weight is 126 g/mol. The molecule has 0 amide bonds. The molecule has 0 aromatic heterocycles. The van der Waals surface area contributed by atoms with E-state index in [-0.39, 0.29) is 0 Å². The van der Waals surface area contributed by atoms with Crippen LogP contribution in [0.3, 0.4) is 0 Å². The zero-order valence-electron chi connectivity index (χ0n) is 5.36. The lowest BCUT2D eigenvalue weighted by Crippen LogP contribution is -2.27. The molecule has 0 aromatic carbocycles. The Kier molecular flexibility index (Phi) is 1.85. The molecule has 1 rings (SSSR count). The maximum Gasteiger partial charge on any atom is 0.146 e. The minimum atomic E-state index is -0.503. The number of hydrogen-bond donors (Lipinski definition) is 1. The highest BCUT2D eigenvalue weighted by atomic mass is 16.3. The molecule has 0 saturated heterocycles. The molecule has 1 aliphatic rings. The van der Waals surface area contributed by atoms with E-state index in [0.29, 0.717) is 6.54 Å². The molecule has 9 heavy (non-hydrogen) atoms. The average Bonchev–Trinajstić information content (AvgIpc) is 1.99. The zero-order chi connectivity index (χ0) is 6.69. The highest BCUT2D eigenvalue weighted by Crippen LogP contribution is 1.94. The van der Waals surface area contributed by atoms with Crippen LogP contribution in [0.4, 0.5) is 0 Å². The van der Waals surface area contributed by atoms with Crippen molar-refractivity contribution in [1.82, 2.24) is 4.90 Å². The van der Waals surface area contributed by atoms with Gasteiger partial charge in [0, 0.05) is 7.05 Å². The van der Waals surface area contributed by atoms with Gasteiger partial charge in [0.05, 0.1) is 12.9 Å². The van der Waals surface area contributed by atoms with Crippen LogP contribution in [-0.2, 0) is 0 Å². The predicted molar refractivity (Wildman–Crippen MR) is 36.3 cm³/mol. The van der Waals surface area contributed by atoms with E-state index in [1.807, 2.05) is 6.08 Å². The van der Waals surface area contributed by atoms with E-state index in [9.17, 15) is 0 Å². The summed E-state index contributed by atoms with van der Waals surface area (Å²) >= 11 is 0. The molecule has 1 heterocycles. The van der Waals surface area contributed by atoms with Crippen molar-refractivity contribution in [3.05, 3.63) is 12.2 Å². The second-order valence-corrected chi connectivity index (χ2v) is 1.99. The summed E-state index contributed by atoms with van der Waals surface area (Å²) in [6.45, 7) is 0.668. The Bertz CT molecular complexity index is 126. The maximum atomic E-state index is 9.11. The topological polar surface area (TPSA) is 35.8 Å². The zero-order valence-corrected chi connectivity index (χ0v) is 5.36. The first kappa shape index (κ1) is 6.29. The summed E-state index contributed by atoms with van der Waals surface area (Å²) in [6, 6.07) is 0. The van der Waals surface area contributed by atoms with E-state index < -0.39 is 6.23 Å². The Morgan fingerprint density at radius 2 is 2.56 bits per heavy atom. The lowest BCUT2D eigenvalue weighted by Gasteiger charge is -2.15. The third-order valence-corrected chi connectivity index (χ3v) is 1.20. The fourth-order valence-corrected chi connectivity index (χ4v) is 0.623. The van der Waals surface area contributed by atoms with Gasteiger partial charge in [-0.25, -0.2) is 0 Å². The fraction of sp³-hybridized carbons (Fsp3) is 0.500. The van der Waals surface area contributed by atoms with E-state index in [1.54, 1.807) is 24.4 Å². The summed E-state index contributed by atoms with van der Waals surface area (Å²) in [4.78, 5) is 5.60. The number of likely N-dealkylation sites (N-methyl/N-ethyl adjacent to an activating group) is 1. The third kappa shape index (κ3) is 1.54. The van der Waals surface area contributed by atoms with Crippen molar-refractivity contribution < 1.29 is 5.11 Å². The number of aliphatic hydroxyl groups excluding tert-OH is 1. The van der Waals surface area contributed by atoms with Crippen molar-refractivity contribution >= 4 is 6.34 Å². The van der Waals surface area contributed by atoms with Crippen molar-refractivity contribution in [2.24, 2.45) is 4.99 Å². The number of aliphatic imine (C=N–C) groups is 1. The largest absolute Gasteiger partial charge is 0.370 e. The first-order valence-electron chi connectivity index (χ1n) is 2.87. The molecule has 1 unspecified atom stereocenters. The van der Waals surface area contributed by atoms with Gasteiger partial charge >= 0.3 is 0 Å². The highest BCUT2D eigenvalue weighted by molar-refractivity contribution is 5.55. The molecule has 0 saturated carbocycles. The van der Waals surface area contributed by atoms with Gasteiger partial charge in [-0.2, -0.15) is 0 Å². The van der Waals surface area contributed by atoms with Crippen LogP contribution in [0.5, 0.6) is 0 Å². The molecule has 0 aromatic rings. The van der Waals surface area contributed by atoms with Crippen LogP contribution >= 0.6 is 0 Å². The molecule has 3 heteroatoms. The van der Waals surface area contributed by atoms with Crippen LogP contribution < -0.4 is 0 Å². The fourth-order valence-electron chi connectivity index (χ4n) is 0.623. The summed E-state index contributed by atoms with van der Waals surface area (Å²) in [5.41, 5.74) is 0. The standard InChI is InChI=1S/C6H10N2O/c1-8-5-7-4-2-3-6(8)9/h2-3,5-6,9H,4H2,1H3. The number of nitrogens with zero attached hydrogens (tertiary/aromatic N) is 2. The van der Waals surface area contributed by atoms with Gasteiger partial charge in [-0.15, -0.1) is 0 Å². The van der Waals surface area contributed by atoms with Gasteiger partial charge in [-0.05, 0) is 6.08 Å². The van der Waals surface area contributed by atoms with Crippen molar-refractivity contribution in [2.75, 3.05) is 13.6 Å². The molecule has 1 N–H and O–H groups in total. The van der Waals surface area contributed by atoms with Gasteiger partial charge in [0.2, 0.25) is 0 Å². The Morgan fingerprint density at radius 1 is 1.78 bits per heavy atom. The lowest BCUT2D eigenvalue weighted by molar-refractivity contribution is 0.119. The van der Waals surface area contributed by atoms with Gasteiger partial charge < -0.3 is 10.0 Å². The van der Waals surface area contributed by atoms with Crippen LogP contribution in [-0.4, -0.2) is 36.2 Å². The lowest BCUT2D eigenvalue weighted by atomic mass is 10.4. The molecule has 0 spiro atoms. The van der Waals surface area contributed by atoms with E-state index in [4.69, 9.17) is 5.11 Å². The summed E-state index contributed by atoms with van der Waals surface area (Å²) in [7, 11) is 1.78. The van der Waals surface area contributed by atoms with Crippen molar-refractivity contribution in [3.63, 3.8) is 0 Å². The Labute approximate surface area is 54.3 Å². The van der Waals surface area contributed by atoms with Gasteiger partial charge in [0.1, 0.15) is 6.23 Å². The quantitative estimate of drug-likeness (QED) is 0.457. The second-order valence-electron chi connectivity index (χ2n) is 1.99. The summed E-state index contributed by atoms with van der Waals surface area (Å²) in [5, 5.41) is 9.11. The van der Waals surface area contributed by atoms with Gasteiger partial charge in [0.25, 0.3) is 0 Å². The summed E-state index contributed by atoms with van der Waals surface area (Å²) < 4.78 is 0. The molecule has 0 bridgehead atoms. The minimum absolute atomic E-state index is 0.503. The van der Waals surface area contributed by atoms with Crippen LogP contribution in [0.1, 0.15) is 0 Å². The van der Waals surface area contributed by atoms with Gasteiger partial charge in [0.15, 0.2) is 0 Å². The predicted octanol–water partition coefficient (Wildman–Crippen LogP) is -0.165.